The van der Waals surface area contributed by atoms with Crippen molar-refractivity contribution in [2.24, 2.45) is 0 Å². The van der Waals surface area contributed by atoms with Gasteiger partial charge >= 0.3 is 0 Å². The second-order valence-electron chi connectivity index (χ2n) is 5.30. The number of hydrogen-bond acceptors (Lipinski definition) is 4. The zero-order valence-corrected chi connectivity index (χ0v) is 15.2. The number of hydrogen-bond donors (Lipinski definition) is 0. The van der Waals surface area contributed by atoms with E-state index in [0.29, 0.717) is 32.5 Å². The number of aryl methyl sites for hydroxylation is 1. The average Bonchev–Trinajstić information content (AvgIpc) is 2.55. The largest absolute Gasteiger partial charge is 0.495 e. The first-order valence-electron chi connectivity index (χ1n) is 7.55. The molecule has 3 rings (SSSR count). The van der Waals surface area contributed by atoms with Gasteiger partial charge < -0.3 is 4.74 Å². The molecule has 0 unspecified atom stereocenters. The molecule has 124 valence electrons. The summed E-state index contributed by atoms with van der Waals surface area (Å²) >= 11 is 7.56. The van der Waals surface area contributed by atoms with Crippen molar-refractivity contribution >= 4 is 34.3 Å². The Morgan fingerprint density at radius 1 is 1.25 bits per heavy atom. The molecule has 3 aromatic rings. The van der Waals surface area contributed by atoms with E-state index in [1.165, 1.54) is 11.8 Å². The molecule has 1 aromatic heterocycles. The van der Waals surface area contributed by atoms with Gasteiger partial charge in [0.05, 0.1) is 23.7 Å². The number of nitrogens with zero attached hydrogens (tertiary/aromatic N) is 2. The fourth-order valence-corrected chi connectivity index (χ4v) is 3.45. The molecule has 6 heteroatoms. The van der Waals surface area contributed by atoms with Crippen LogP contribution in [0.1, 0.15) is 12.5 Å². The molecule has 2 aromatic carbocycles. The van der Waals surface area contributed by atoms with Gasteiger partial charge in [0.15, 0.2) is 5.16 Å². The fraction of sp³-hybridized carbons (Fsp3) is 0.222. The van der Waals surface area contributed by atoms with E-state index in [0.717, 1.165) is 11.3 Å². The number of rotatable bonds is 4. The summed E-state index contributed by atoms with van der Waals surface area (Å²) in [6.07, 6.45) is 0. The summed E-state index contributed by atoms with van der Waals surface area (Å²) in [5.41, 5.74) is 2.21. The number of fused-ring (bicyclic) bond motifs is 1. The molecule has 24 heavy (non-hydrogen) atoms. The highest BCUT2D eigenvalue weighted by molar-refractivity contribution is 7.99. The molecular weight excluding hydrogens is 344 g/mol. The van der Waals surface area contributed by atoms with Crippen molar-refractivity contribution in [3.63, 3.8) is 0 Å². The van der Waals surface area contributed by atoms with E-state index in [2.05, 4.69) is 4.98 Å². The van der Waals surface area contributed by atoms with Gasteiger partial charge in [-0.25, -0.2) is 4.98 Å². The van der Waals surface area contributed by atoms with Crippen molar-refractivity contribution < 1.29 is 4.74 Å². The number of benzene rings is 2. The number of methoxy groups -OCH3 is 1. The highest BCUT2D eigenvalue weighted by Crippen LogP contribution is 2.28. The van der Waals surface area contributed by atoms with Crippen LogP contribution in [0.5, 0.6) is 5.75 Å². The molecule has 0 spiro atoms. The average molecular weight is 361 g/mol. The SMILES string of the molecule is CCSc1nc2cc(Cl)ccc2c(=O)n1-c1cc(C)ccc1OC. The maximum Gasteiger partial charge on any atom is 0.266 e. The van der Waals surface area contributed by atoms with Crippen LogP contribution < -0.4 is 10.3 Å². The Balaban J connectivity index is 2.40. The fourth-order valence-electron chi connectivity index (χ4n) is 2.55. The Labute approximate surface area is 149 Å². The van der Waals surface area contributed by atoms with Gasteiger partial charge in [-0.05, 0) is 48.6 Å². The third-order valence-corrected chi connectivity index (χ3v) is 4.71. The van der Waals surface area contributed by atoms with Gasteiger partial charge in [-0.2, -0.15) is 0 Å². The molecule has 0 atom stereocenters. The first-order chi connectivity index (χ1) is 11.5. The minimum absolute atomic E-state index is 0.128. The number of halogens is 1. The Morgan fingerprint density at radius 2 is 2.04 bits per heavy atom. The monoisotopic (exact) mass is 360 g/mol. The molecule has 0 radical (unpaired) electrons. The summed E-state index contributed by atoms with van der Waals surface area (Å²) in [7, 11) is 1.60. The van der Waals surface area contributed by atoms with E-state index in [1.807, 2.05) is 32.0 Å². The van der Waals surface area contributed by atoms with E-state index in [-0.39, 0.29) is 5.56 Å². The van der Waals surface area contributed by atoms with Crippen LogP contribution in [0.15, 0.2) is 46.3 Å². The number of aromatic nitrogens is 2. The molecule has 0 aliphatic heterocycles. The molecule has 0 amide bonds. The lowest BCUT2D eigenvalue weighted by Crippen LogP contribution is -2.22. The topological polar surface area (TPSA) is 44.1 Å². The molecule has 0 bridgehead atoms. The third-order valence-electron chi connectivity index (χ3n) is 3.65. The predicted octanol–water partition coefficient (Wildman–Crippen LogP) is 4.47. The number of ether oxygens (including phenoxy) is 1. The molecule has 0 aliphatic carbocycles. The van der Waals surface area contributed by atoms with Crippen LogP contribution in [0.4, 0.5) is 0 Å². The second-order valence-corrected chi connectivity index (χ2v) is 6.97. The van der Waals surface area contributed by atoms with E-state index in [4.69, 9.17) is 16.3 Å². The smallest absolute Gasteiger partial charge is 0.266 e. The maximum atomic E-state index is 13.1. The highest BCUT2D eigenvalue weighted by Gasteiger charge is 2.16. The molecule has 0 fully saturated rings. The van der Waals surface area contributed by atoms with E-state index in [1.54, 1.807) is 29.9 Å². The van der Waals surface area contributed by atoms with E-state index >= 15 is 0 Å². The maximum absolute atomic E-state index is 13.1. The van der Waals surface area contributed by atoms with Crippen molar-refractivity contribution in [3.8, 4) is 11.4 Å². The zero-order chi connectivity index (χ0) is 17.3. The number of thioether (sulfide) groups is 1. The quantitative estimate of drug-likeness (QED) is 0.508. The summed E-state index contributed by atoms with van der Waals surface area (Å²) in [5, 5.41) is 1.72. The minimum atomic E-state index is -0.128. The summed E-state index contributed by atoms with van der Waals surface area (Å²) < 4.78 is 7.08. The molecule has 1 heterocycles. The van der Waals surface area contributed by atoms with Crippen LogP contribution >= 0.6 is 23.4 Å². The van der Waals surface area contributed by atoms with Gasteiger partial charge in [0.25, 0.3) is 5.56 Å². The van der Waals surface area contributed by atoms with Crippen LogP contribution in [0.3, 0.4) is 0 Å². The van der Waals surface area contributed by atoms with Crippen molar-refractivity contribution in [1.82, 2.24) is 9.55 Å². The van der Waals surface area contributed by atoms with Crippen LogP contribution in [-0.4, -0.2) is 22.4 Å². The van der Waals surface area contributed by atoms with Crippen LogP contribution in [0.2, 0.25) is 5.02 Å². The standard InChI is InChI=1S/C18H17ClN2O2S/c1-4-24-18-20-14-10-12(19)6-7-13(14)17(22)21(18)15-9-11(2)5-8-16(15)23-3/h5-10H,4H2,1-3H3. The normalized spacial score (nSPS) is 11.0. The van der Waals surface area contributed by atoms with E-state index in [9.17, 15) is 4.79 Å². The van der Waals surface area contributed by atoms with E-state index < -0.39 is 0 Å². The molecule has 0 N–H and O–H groups in total. The molecular formula is C18H17ClN2O2S. The molecule has 0 saturated carbocycles. The van der Waals surface area contributed by atoms with Gasteiger partial charge in [0.1, 0.15) is 5.75 Å². The lowest BCUT2D eigenvalue weighted by atomic mass is 10.2. The summed E-state index contributed by atoms with van der Waals surface area (Å²) in [5.74, 6) is 1.43. The van der Waals surface area contributed by atoms with Crippen LogP contribution in [0.25, 0.3) is 16.6 Å². The van der Waals surface area contributed by atoms with Crippen molar-refractivity contribution in [1.29, 1.82) is 0 Å². The van der Waals surface area contributed by atoms with Crippen LogP contribution in [-0.2, 0) is 0 Å². The van der Waals surface area contributed by atoms with Crippen molar-refractivity contribution in [2.45, 2.75) is 19.0 Å². The Hall–Kier alpha value is -1.98. The summed E-state index contributed by atoms with van der Waals surface area (Å²) in [4.78, 5) is 17.8. The Morgan fingerprint density at radius 3 is 2.75 bits per heavy atom. The van der Waals surface area contributed by atoms with Gasteiger partial charge in [-0.15, -0.1) is 0 Å². The zero-order valence-electron chi connectivity index (χ0n) is 13.7. The van der Waals surface area contributed by atoms with Crippen molar-refractivity contribution in [3.05, 3.63) is 57.3 Å². The third kappa shape index (κ3) is 3.01. The molecule has 4 nitrogen and oxygen atoms in total. The second kappa shape index (κ2) is 6.87. The molecule has 0 aliphatic rings. The summed E-state index contributed by atoms with van der Waals surface area (Å²) in [6, 6.07) is 10.9. The first kappa shape index (κ1) is 16.9. The first-order valence-corrected chi connectivity index (χ1v) is 8.91. The minimum Gasteiger partial charge on any atom is -0.495 e. The highest BCUT2D eigenvalue weighted by atomic mass is 35.5. The Bertz CT molecular complexity index is 969. The lowest BCUT2D eigenvalue weighted by Gasteiger charge is -2.16. The van der Waals surface area contributed by atoms with Gasteiger partial charge in [0, 0.05) is 5.02 Å². The van der Waals surface area contributed by atoms with Gasteiger partial charge in [0.2, 0.25) is 0 Å². The van der Waals surface area contributed by atoms with Crippen LogP contribution in [0, 0.1) is 6.92 Å². The lowest BCUT2D eigenvalue weighted by molar-refractivity contribution is 0.411. The van der Waals surface area contributed by atoms with Gasteiger partial charge in [-0.1, -0.05) is 36.4 Å². The summed E-state index contributed by atoms with van der Waals surface area (Å²) in [6.45, 7) is 4.01. The van der Waals surface area contributed by atoms with Crippen molar-refractivity contribution in [2.75, 3.05) is 12.9 Å². The van der Waals surface area contributed by atoms with Gasteiger partial charge in [-0.3, -0.25) is 9.36 Å². The predicted molar refractivity (Wildman–Crippen MR) is 100 cm³/mol. The Kier molecular flexibility index (Phi) is 4.83. The molecule has 0 saturated heterocycles.